The zero-order valence-electron chi connectivity index (χ0n) is 8.45. The normalized spacial score (nSPS) is 10.7. The summed E-state index contributed by atoms with van der Waals surface area (Å²) in [5.74, 6) is -1.12. The van der Waals surface area contributed by atoms with Crippen LogP contribution in [0.5, 0.6) is 0 Å². The first kappa shape index (κ1) is 10.7. The van der Waals surface area contributed by atoms with E-state index >= 15 is 0 Å². The van der Waals surface area contributed by atoms with E-state index in [4.69, 9.17) is 15.2 Å². The van der Waals surface area contributed by atoms with Crippen molar-refractivity contribution in [3.05, 3.63) is 29.7 Å². The van der Waals surface area contributed by atoms with Crippen molar-refractivity contribution in [1.29, 1.82) is 0 Å². The van der Waals surface area contributed by atoms with E-state index in [2.05, 4.69) is 4.98 Å². The van der Waals surface area contributed by atoms with Crippen LogP contribution in [-0.4, -0.2) is 37.6 Å². The van der Waals surface area contributed by atoms with E-state index in [1.165, 1.54) is 16.8 Å². The number of carboxylic acid groups (broad SMARTS) is 1. The fourth-order valence-electron chi connectivity index (χ4n) is 1.52. The summed E-state index contributed by atoms with van der Waals surface area (Å²) in [6.45, 7) is 1.70. The molecule has 0 saturated heterocycles. The maximum atomic E-state index is 10.7. The largest absolute Gasteiger partial charge is 0.490 e. The van der Waals surface area contributed by atoms with E-state index in [9.17, 15) is 4.79 Å². The summed E-state index contributed by atoms with van der Waals surface area (Å²) in [6, 6.07) is 1.60. The highest BCUT2D eigenvalue weighted by molar-refractivity contribution is 6.59. The minimum atomic E-state index is -1.58. The van der Waals surface area contributed by atoms with Crippen LogP contribution in [0, 0.1) is 6.92 Å². The summed E-state index contributed by atoms with van der Waals surface area (Å²) in [5, 5.41) is 26.9. The third kappa shape index (κ3) is 1.66. The number of carbonyl (C=O) groups is 1. The van der Waals surface area contributed by atoms with Gasteiger partial charge in [-0.3, -0.25) is 0 Å². The Morgan fingerprint density at radius 1 is 1.44 bits per heavy atom. The first-order chi connectivity index (χ1) is 7.49. The van der Waals surface area contributed by atoms with Crippen LogP contribution >= 0.6 is 0 Å². The molecule has 0 unspecified atom stereocenters. The number of nitrogens with zero attached hydrogens (tertiary/aromatic N) is 2. The lowest BCUT2D eigenvalue weighted by Gasteiger charge is -2.04. The van der Waals surface area contributed by atoms with Gasteiger partial charge in [0.25, 0.3) is 0 Å². The van der Waals surface area contributed by atoms with Gasteiger partial charge in [-0.2, -0.15) is 0 Å². The number of imidazole rings is 1. The summed E-state index contributed by atoms with van der Waals surface area (Å²) in [4.78, 5) is 14.6. The Bertz CT molecular complexity index is 564. The molecular weight excluding hydrogens is 211 g/mol. The van der Waals surface area contributed by atoms with Crippen molar-refractivity contribution >= 4 is 24.2 Å². The fourth-order valence-corrected chi connectivity index (χ4v) is 1.52. The molecule has 0 aromatic carbocycles. The summed E-state index contributed by atoms with van der Waals surface area (Å²) >= 11 is 0. The molecule has 0 saturated carbocycles. The van der Waals surface area contributed by atoms with Gasteiger partial charge in [0.05, 0.1) is 0 Å². The summed E-state index contributed by atoms with van der Waals surface area (Å²) in [6.07, 6.45) is 2.78. The van der Waals surface area contributed by atoms with E-state index in [0.717, 1.165) is 0 Å². The van der Waals surface area contributed by atoms with Gasteiger partial charge in [0.2, 0.25) is 0 Å². The number of hydrogen-bond donors (Lipinski definition) is 3. The second-order valence-corrected chi connectivity index (χ2v) is 3.48. The van der Waals surface area contributed by atoms with Crippen LogP contribution < -0.4 is 5.46 Å². The number of aryl methyl sites for hydroxylation is 1. The van der Waals surface area contributed by atoms with Gasteiger partial charge in [-0.15, -0.1) is 0 Å². The van der Waals surface area contributed by atoms with E-state index in [-0.39, 0.29) is 5.69 Å². The van der Waals surface area contributed by atoms with Gasteiger partial charge >= 0.3 is 13.1 Å². The van der Waals surface area contributed by atoms with Crippen LogP contribution in [0.15, 0.2) is 18.5 Å². The maximum Gasteiger partial charge on any atom is 0.490 e. The van der Waals surface area contributed by atoms with E-state index in [1.807, 2.05) is 0 Å². The molecule has 0 aliphatic rings. The van der Waals surface area contributed by atoms with Gasteiger partial charge in [0.15, 0.2) is 5.69 Å². The molecule has 2 aromatic heterocycles. The van der Waals surface area contributed by atoms with Gasteiger partial charge in [-0.25, -0.2) is 9.78 Å². The predicted octanol–water partition coefficient (Wildman–Crippen LogP) is -0.979. The van der Waals surface area contributed by atoms with Gasteiger partial charge in [0, 0.05) is 17.9 Å². The average Bonchev–Trinajstić information content (AvgIpc) is 2.58. The Balaban J connectivity index is 2.65. The van der Waals surface area contributed by atoms with Crippen molar-refractivity contribution in [3.8, 4) is 0 Å². The molecule has 3 N–H and O–H groups in total. The molecule has 7 heteroatoms. The number of aromatic carboxylic acids is 1. The number of rotatable bonds is 2. The van der Waals surface area contributed by atoms with Gasteiger partial charge < -0.3 is 19.6 Å². The third-order valence-electron chi connectivity index (χ3n) is 2.34. The van der Waals surface area contributed by atoms with Crippen molar-refractivity contribution in [1.82, 2.24) is 9.38 Å². The van der Waals surface area contributed by atoms with Gasteiger partial charge in [0.1, 0.15) is 5.65 Å². The van der Waals surface area contributed by atoms with Gasteiger partial charge in [-0.1, -0.05) is 0 Å². The topological polar surface area (TPSA) is 95.1 Å². The lowest BCUT2D eigenvalue weighted by molar-refractivity contribution is 0.0691. The molecule has 0 amide bonds. The first-order valence-corrected chi connectivity index (χ1v) is 4.57. The fraction of sp³-hybridized carbons (Fsp3) is 0.111. The standard InChI is InChI=1S/C9H9BN2O4/c1-5-2-8-11-7(9(13)14)4-12(8)3-6(5)10(15)16/h2-4,15-16H,1H3,(H,13,14). The molecule has 0 fully saturated rings. The van der Waals surface area contributed by atoms with Crippen LogP contribution in [-0.2, 0) is 0 Å². The summed E-state index contributed by atoms with van der Waals surface area (Å²) in [5.41, 5.74) is 1.34. The van der Waals surface area contributed by atoms with Crippen LogP contribution in [0.25, 0.3) is 5.65 Å². The second-order valence-electron chi connectivity index (χ2n) is 3.48. The summed E-state index contributed by atoms with van der Waals surface area (Å²) < 4.78 is 1.45. The van der Waals surface area contributed by atoms with Crippen molar-refractivity contribution in [2.45, 2.75) is 6.92 Å². The number of hydrogen-bond acceptors (Lipinski definition) is 4. The molecule has 6 nitrogen and oxygen atoms in total. The van der Waals surface area contributed by atoms with Crippen molar-refractivity contribution < 1.29 is 19.9 Å². The van der Waals surface area contributed by atoms with Crippen LogP contribution in [0.1, 0.15) is 16.1 Å². The molecule has 0 radical (unpaired) electrons. The maximum absolute atomic E-state index is 10.7. The molecule has 16 heavy (non-hydrogen) atoms. The molecule has 0 aliphatic heterocycles. The van der Waals surface area contributed by atoms with Crippen molar-refractivity contribution in [3.63, 3.8) is 0 Å². The number of pyridine rings is 1. The second kappa shape index (κ2) is 3.62. The number of aromatic nitrogens is 2. The Morgan fingerprint density at radius 3 is 2.69 bits per heavy atom. The molecule has 0 bridgehead atoms. The minimum Gasteiger partial charge on any atom is -0.476 e. The van der Waals surface area contributed by atoms with Crippen LogP contribution in [0.4, 0.5) is 0 Å². The molecule has 2 rings (SSSR count). The quantitative estimate of drug-likeness (QED) is 0.565. The molecule has 0 aliphatic carbocycles. The molecule has 0 spiro atoms. The van der Waals surface area contributed by atoms with Crippen LogP contribution in [0.3, 0.4) is 0 Å². The highest BCUT2D eigenvalue weighted by Gasteiger charge is 2.16. The monoisotopic (exact) mass is 220 g/mol. The zero-order valence-corrected chi connectivity index (χ0v) is 8.45. The Labute approximate surface area is 90.9 Å². The minimum absolute atomic E-state index is 0.0796. The molecule has 0 atom stereocenters. The smallest absolute Gasteiger partial charge is 0.476 e. The Hall–Kier alpha value is -1.86. The Morgan fingerprint density at radius 2 is 2.12 bits per heavy atom. The average molecular weight is 220 g/mol. The third-order valence-corrected chi connectivity index (χ3v) is 2.34. The highest BCUT2D eigenvalue weighted by atomic mass is 16.4. The van der Waals surface area contributed by atoms with Crippen molar-refractivity contribution in [2.75, 3.05) is 0 Å². The van der Waals surface area contributed by atoms with Crippen molar-refractivity contribution in [2.24, 2.45) is 0 Å². The highest BCUT2D eigenvalue weighted by Crippen LogP contribution is 2.06. The predicted molar refractivity (Wildman–Crippen MR) is 56.7 cm³/mol. The Kier molecular flexibility index (Phi) is 2.41. The van der Waals surface area contributed by atoms with Gasteiger partial charge in [-0.05, 0) is 18.6 Å². The molecular formula is C9H9BN2O4. The summed E-state index contributed by atoms with van der Waals surface area (Å²) in [7, 11) is -1.58. The lowest BCUT2D eigenvalue weighted by Crippen LogP contribution is -2.32. The molecule has 2 aromatic rings. The number of carboxylic acids is 1. The first-order valence-electron chi connectivity index (χ1n) is 4.57. The number of fused-ring (bicyclic) bond motifs is 1. The SMILES string of the molecule is Cc1cc2nc(C(=O)O)cn2cc1B(O)O. The zero-order chi connectivity index (χ0) is 11.9. The molecule has 82 valence electrons. The lowest BCUT2D eigenvalue weighted by atomic mass is 9.78. The van der Waals surface area contributed by atoms with E-state index in [0.29, 0.717) is 16.7 Å². The molecule has 2 heterocycles. The van der Waals surface area contributed by atoms with E-state index in [1.54, 1.807) is 13.0 Å². The van der Waals surface area contributed by atoms with E-state index < -0.39 is 13.1 Å². The van der Waals surface area contributed by atoms with Crippen LogP contribution in [0.2, 0.25) is 0 Å².